The van der Waals surface area contributed by atoms with E-state index >= 15 is 0 Å². The van der Waals surface area contributed by atoms with Crippen LogP contribution in [-0.4, -0.2) is 11.8 Å². The largest absolute Gasteiger partial charge is 0.459 e. The summed E-state index contributed by atoms with van der Waals surface area (Å²) < 4.78 is 5.06. The van der Waals surface area contributed by atoms with Gasteiger partial charge in [-0.1, -0.05) is 38.8 Å². The third kappa shape index (κ3) is 5.78. The Bertz CT molecular complexity index is 663. The number of carbonyl (C=O) groups is 2. The summed E-state index contributed by atoms with van der Waals surface area (Å²) >= 11 is 0. The fourth-order valence-corrected chi connectivity index (χ4v) is 2.61. The zero-order valence-corrected chi connectivity index (χ0v) is 14.9. The lowest BCUT2D eigenvalue weighted by atomic mass is 9.98. The van der Waals surface area contributed by atoms with Crippen molar-refractivity contribution >= 4 is 17.5 Å². The first-order valence-corrected chi connectivity index (χ1v) is 8.85. The number of furan rings is 1. The van der Waals surface area contributed by atoms with Gasteiger partial charge in [0.2, 0.25) is 5.91 Å². The van der Waals surface area contributed by atoms with Crippen LogP contribution in [0.15, 0.2) is 47.1 Å². The lowest BCUT2D eigenvalue weighted by molar-refractivity contribution is -0.125. The molecule has 0 spiro atoms. The predicted molar refractivity (Wildman–Crippen MR) is 98.3 cm³/mol. The van der Waals surface area contributed by atoms with Crippen LogP contribution in [0.25, 0.3) is 0 Å². The normalized spacial score (nSPS) is 11.8. The smallest absolute Gasteiger partial charge is 0.291 e. The Morgan fingerprint density at radius 1 is 1.12 bits per heavy atom. The van der Waals surface area contributed by atoms with Crippen molar-refractivity contribution in [3.63, 3.8) is 0 Å². The molecule has 0 aliphatic heterocycles. The maximum absolute atomic E-state index is 12.2. The Labute approximate surface area is 148 Å². The van der Waals surface area contributed by atoms with Crippen LogP contribution < -0.4 is 10.6 Å². The van der Waals surface area contributed by atoms with E-state index in [9.17, 15) is 9.59 Å². The van der Waals surface area contributed by atoms with Crippen molar-refractivity contribution in [3.05, 3.63) is 54.0 Å². The molecule has 0 fully saturated rings. The molecule has 1 unspecified atom stereocenters. The molecular formula is C20H26N2O3. The minimum atomic E-state index is -0.284. The first kappa shape index (κ1) is 18.8. The summed E-state index contributed by atoms with van der Waals surface area (Å²) in [5.41, 5.74) is 1.68. The molecule has 5 heteroatoms. The van der Waals surface area contributed by atoms with E-state index < -0.39 is 0 Å². The van der Waals surface area contributed by atoms with Gasteiger partial charge in [0.25, 0.3) is 5.91 Å². The van der Waals surface area contributed by atoms with E-state index in [1.807, 2.05) is 24.3 Å². The molecule has 5 nitrogen and oxygen atoms in total. The number of rotatable bonds is 9. The summed E-state index contributed by atoms with van der Waals surface area (Å²) in [5, 5.41) is 5.77. The first-order chi connectivity index (χ1) is 12.1. The third-order valence-corrected chi connectivity index (χ3v) is 4.19. The van der Waals surface area contributed by atoms with Crippen LogP contribution in [0.3, 0.4) is 0 Å². The second-order valence-corrected chi connectivity index (χ2v) is 6.09. The molecule has 0 aliphatic carbocycles. The van der Waals surface area contributed by atoms with Crippen molar-refractivity contribution in [1.82, 2.24) is 5.32 Å². The van der Waals surface area contributed by atoms with Crippen molar-refractivity contribution in [1.29, 1.82) is 0 Å². The zero-order valence-electron chi connectivity index (χ0n) is 14.9. The highest BCUT2D eigenvalue weighted by molar-refractivity contribution is 6.02. The number of nitrogens with one attached hydrogen (secondary N) is 2. The molecule has 25 heavy (non-hydrogen) atoms. The van der Waals surface area contributed by atoms with Crippen LogP contribution in [0.1, 0.15) is 55.6 Å². The van der Waals surface area contributed by atoms with E-state index in [1.165, 1.54) is 6.26 Å². The van der Waals surface area contributed by atoms with Crippen molar-refractivity contribution < 1.29 is 14.0 Å². The number of hydrogen-bond acceptors (Lipinski definition) is 3. The standard InChI is InChI=1S/C20H26N2O3/c1-3-5-7-16(4-2)19(23)21-14-15-9-11-17(12-10-15)22-20(24)18-8-6-13-25-18/h6,8-13,16H,3-5,7,14H2,1-2H3,(H,21,23)(H,22,24). The van der Waals surface area contributed by atoms with Gasteiger partial charge in [-0.25, -0.2) is 0 Å². The molecule has 0 radical (unpaired) electrons. The molecule has 1 aromatic heterocycles. The van der Waals surface area contributed by atoms with E-state index in [1.54, 1.807) is 12.1 Å². The van der Waals surface area contributed by atoms with Gasteiger partial charge < -0.3 is 15.1 Å². The molecule has 0 saturated heterocycles. The van der Waals surface area contributed by atoms with E-state index in [2.05, 4.69) is 24.5 Å². The zero-order chi connectivity index (χ0) is 18.1. The fourth-order valence-electron chi connectivity index (χ4n) is 2.61. The number of amides is 2. The van der Waals surface area contributed by atoms with Gasteiger partial charge in [0.1, 0.15) is 0 Å². The summed E-state index contributed by atoms with van der Waals surface area (Å²) in [6, 6.07) is 10.7. The van der Waals surface area contributed by atoms with Crippen molar-refractivity contribution in [2.24, 2.45) is 5.92 Å². The van der Waals surface area contributed by atoms with Gasteiger partial charge >= 0.3 is 0 Å². The van der Waals surface area contributed by atoms with Gasteiger partial charge in [-0.05, 0) is 42.7 Å². The SMILES string of the molecule is CCCCC(CC)C(=O)NCc1ccc(NC(=O)c2ccco2)cc1. The van der Waals surface area contributed by atoms with Crippen molar-refractivity contribution in [2.75, 3.05) is 5.32 Å². The summed E-state index contributed by atoms with van der Waals surface area (Å²) in [4.78, 5) is 24.1. The Balaban J connectivity index is 1.83. The Hall–Kier alpha value is -2.56. The molecule has 2 amide bonds. The molecule has 134 valence electrons. The van der Waals surface area contributed by atoms with Gasteiger partial charge in [-0.2, -0.15) is 0 Å². The minimum absolute atomic E-state index is 0.0896. The van der Waals surface area contributed by atoms with E-state index in [0.717, 1.165) is 31.2 Å². The van der Waals surface area contributed by atoms with Gasteiger partial charge in [-0.15, -0.1) is 0 Å². The Morgan fingerprint density at radius 2 is 1.88 bits per heavy atom. The minimum Gasteiger partial charge on any atom is -0.459 e. The summed E-state index contributed by atoms with van der Waals surface area (Å²) in [6.07, 6.45) is 5.45. The van der Waals surface area contributed by atoms with Crippen LogP contribution in [0.5, 0.6) is 0 Å². The summed E-state index contributed by atoms with van der Waals surface area (Å²) in [5.74, 6) is 0.194. The number of anilines is 1. The molecule has 0 saturated carbocycles. The highest BCUT2D eigenvalue weighted by Gasteiger charge is 2.15. The second kappa shape index (κ2) is 9.67. The van der Waals surface area contributed by atoms with Gasteiger partial charge in [0.05, 0.1) is 6.26 Å². The molecule has 2 aromatic rings. The summed E-state index contributed by atoms with van der Waals surface area (Å²) in [6.45, 7) is 4.68. The van der Waals surface area contributed by atoms with Gasteiger partial charge in [0.15, 0.2) is 5.76 Å². The molecule has 2 rings (SSSR count). The molecule has 0 bridgehead atoms. The van der Waals surface area contributed by atoms with E-state index in [4.69, 9.17) is 4.42 Å². The quantitative estimate of drug-likeness (QED) is 0.711. The third-order valence-electron chi connectivity index (χ3n) is 4.19. The number of unbranched alkanes of at least 4 members (excludes halogenated alkanes) is 1. The number of carbonyl (C=O) groups excluding carboxylic acids is 2. The van der Waals surface area contributed by atoms with Crippen LogP contribution in [0.4, 0.5) is 5.69 Å². The average molecular weight is 342 g/mol. The predicted octanol–water partition coefficient (Wildman–Crippen LogP) is 4.36. The Kier molecular flexibility index (Phi) is 7.26. The fraction of sp³-hybridized carbons (Fsp3) is 0.400. The first-order valence-electron chi connectivity index (χ1n) is 8.85. The molecule has 1 heterocycles. The molecular weight excluding hydrogens is 316 g/mol. The van der Waals surface area contributed by atoms with Crippen LogP contribution in [0, 0.1) is 5.92 Å². The average Bonchev–Trinajstić information content (AvgIpc) is 3.16. The molecule has 1 atom stereocenters. The maximum Gasteiger partial charge on any atom is 0.291 e. The van der Waals surface area contributed by atoms with Crippen molar-refractivity contribution in [3.8, 4) is 0 Å². The van der Waals surface area contributed by atoms with Crippen molar-refractivity contribution in [2.45, 2.75) is 46.1 Å². The molecule has 1 aromatic carbocycles. The lowest BCUT2D eigenvalue weighted by Gasteiger charge is -2.14. The highest BCUT2D eigenvalue weighted by Crippen LogP contribution is 2.14. The van der Waals surface area contributed by atoms with E-state index in [-0.39, 0.29) is 23.5 Å². The van der Waals surface area contributed by atoms with Gasteiger partial charge in [0, 0.05) is 18.2 Å². The van der Waals surface area contributed by atoms with Crippen LogP contribution in [0.2, 0.25) is 0 Å². The highest BCUT2D eigenvalue weighted by atomic mass is 16.3. The van der Waals surface area contributed by atoms with Crippen LogP contribution in [-0.2, 0) is 11.3 Å². The molecule has 2 N–H and O–H groups in total. The molecule has 0 aliphatic rings. The van der Waals surface area contributed by atoms with E-state index in [0.29, 0.717) is 12.2 Å². The Morgan fingerprint density at radius 3 is 2.48 bits per heavy atom. The monoisotopic (exact) mass is 342 g/mol. The number of benzene rings is 1. The van der Waals surface area contributed by atoms with Gasteiger partial charge in [-0.3, -0.25) is 9.59 Å². The topological polar surface area (TPSA) is 71.3 Å². The van der Waals surface area contributed by atoms with Crippen LogP contribution >= 0.6 is 0 Å². The second-order valence-electron chi connectivity index (χ2n) is 6.09. The lowest BCUT2D eigenvalue weighted by Crippen LogP contribution is -2.30. The number of hydrogen-bond donors (Lipinski definition) is 2. The maximum atomic E-state index is 12.2. The summed E-state index contributed by atoms with van der Waals surface area (Å²) in [7, 11) is 0.